The van der Waals surface area contributed by atoms with Gasteiger partial charge in [-0.2, -0.15) is 19.1 Å². The number of aromatic nitrogens is 1. The smallest absolute Gasteiger partial charge is 0.411 e. The Bertz CT molecular complexity index is 1060. The van der Waals surface area contributed by atoms with Gasteiger partial charge in [0.1, 0.15) is 5.82 Å². The number of nitrogens with one attached hydrogen (secondary N) is 1. The van der Waals surface area contributed by atoms with E-state index in [2.05, 4.69) is 30.7 Å². The number of nitrogens with two attached hydrogens (primary N) is 1. The van der Waals surface area contributed by atoms with Gasteiger partial charge < -0.3 is 10.2 Å². The molecule has 0 aliphatic heterocycles. The van der Waals surface area contributed by atoms with Crippen molar-refractivity contribution in [3.05, 3.63) is 83.9 Å². The molecule has 0 fully saturated rings. The van der Waals surface area contributed by atoms with E-state index in [0.29, 0.717) is 5.70 Å². The van der Waals surface area contributed by atoms with E-state index in [9.17, 15) is 13.2 Å². The Morgan fingerprint density at radius 1 is 1.03 bits per heavy atom. The van der Waals surface area contributed by atoms with Gasteiger partial charge in [-0.1, -0.05) is 82.2 Å². The van der Waals surface area contributed by atoms with Crippen LogP contribution in [0.3, 0.4) is 0 Å². The molecule has 0 spiro atoms. The maximum absolute atomic E-state index is 13.4. The minimum absolute atomic E-state index is 0.0709. The Labute approximate surface area is 193 Å². The second-order valence-electron chi connectivity index (χ2n) is 7.51. The SMILES string of the molecule is C=C(Nc1cc(ON)cc(-c2ccccc2C(F)(F)F)n1)c1ccccc1C.CCCCC. The van der Waals surface area contributed by atoms with Crippen molar-refractivity contribution >= 4 is 11.5 Å². The lowest BCUT2D eigenvalue weighted by atomic mass is 10.0. The molecule has 0 unspecified atom stereocenters. The molecule has 1 aromatic heterocycles. The first-order valence-electron chi connectivity index (χ1n) is 10.8. The summed E-state index contributed by atoms with van der Waals surface area (Å²) >= 11 is 0. The quantitative estimate of drug-likeness (QED) is 0.359. The summed E-state index contributed by atoms with van der Waals surface area (Å²) in [5, 5.41) is 3.02. The number of hydrogen-bond acceptors (Lipinski definition) is 4. The molecule has 3 aromatic rings. The van der Waals surface area contributed by atoms with Gasteiger partial charge in [-0.05, 0) is 18.6 Å². The van der Waals surface area contributed by atoms with Gasteiger partial charge in [0, 0.05) is 29.0 Å². The Morgan fingerprint density at radius 3 is 2.24 bits per heavy atom. The molecule has 0 saturated heterocycles. The molecule has 3 N–H and O–H groups in total. The van der Waals surface area contributed by atoms with E-state index < -0.39 is 11.7 Å². The zero-order chi connectivity index (χ0) is 24.4. The number of hydrogen-bond donors (Lipinski definition) is 2. The molecule has 176 valence electrons. The summed E-state index contributed by atoms with van der Waals surface area (Å²) < 4.78 is 40.1. The first-order valence-corrected chi connectivity index (χ1v) is 10.8. The number of anilines is 1. The molecule has 33 heavy (non-hydrogen) atoms. The fraction of sp³-hybridized carbons (Fsp3) is 0.269. The summed E-state index contributed by atoms with van der Waals surface area (Å²) in [5.74, 6) is 5.69. The van der Waals surface area contributed by atoms with E-state index in [1.807, 2.05) is 31.2 Å². The number of alkyl halides is 3. The van der Waals surface area contributed by atoms with Crippen LogP contribution in [-0.4, -0.2) is 4.98 Å². The average Bonchev–Trinajstić information content (AvgIpc) is 2.79. The molecular weight excluding hydrogens is 427 g/mol. The van der Waals surface area contributed by atoms with Crippen LogP contribution < -0.4 is 16.1 Å². The molecule has 0 atom stereocenters. The number of nitrogens with zero attached hydrogens (tertiary/aromatic N) is 1. The van der Waals surface area contributed by atoms with E-state index in [0.717, 1.165) is 17.2 Å². The number of pyridine rings is 1. The van der Waals surface area contributed by atoms with Crippen molar-refractivity contribution in [3.63, 3.8) is 0 Å². The summed E-state index contributed by atoms with van der Waals surface area (Å²) in [6, 6.07) is 15.6. The minimum atomic E-state index is -4.52. The van der Waals surface area contributed by atoms with E-state index in [1.54, 1.807) is 0 Å². The lowest BCUT2D eigenvalue weighted by Crippen LogP contribution is -2.09. The number of halogens is 3. The Morgan fingerprint density at radius 2 is 1.67 bits per heavy atom. The molecule has 2 aromatic carbocycles. The Balaban J connectivity index is 0.000000696. The molecule has 0 radical (unpaired) electrons. The van der Waals surface area contributed by atoms with Gasteiger partial charge in [0.2, 0.25) is 0 Å². The third kappa shape index (κ3) is 7.36. The fourth-order valence-corrected chi connectivity index (χ4v) is 3.22. The first-order chi connectivity index (χ1) is 15.7. The summed E-state index contributed by atoms with van der Waals surface area (Å²) in [7, 11) is 0. The van der Waals surface area contributed by atoms with Crippen LogP contribution in [0.4, 0.5) is 19.0 Å². The molecule has 3 rings (SSSR count). The van der Waals surface area contributed by atoms with Gasteiger partial charge in [-0.3, -0.25) is 0 Å². The molecule has 0 aliphatic rings. The number of rotatable bonds is 7. The van der Waals surface area contributed by atoms with Gasteiger partial charge in [0.05, 0.1) is 11.3 Å². The minimum Gasteiger partial charge on any atom is -0.411 e. The summed E-state index contributed by atoms with van der Waals surface area (Å²) in [5.41, 5.74) is 1.62. The van der Waals surface area contributed by atoms with Crippen LogP contribution >= 0.6 is 0 Å². The highest BCUT2D eigenvalue weighted by Gasteiger charge is 2.33. The van der Waals surface area contributed by atoms with E-state index in [-0.39, 0.29) is 22.8 Å². The maximum atomic E-state index is 13.4. The molecular formula is C26H30F3N3O. The first kappa shape index (κ1) is 25.9. The van der Waals surface area contributed by atoms with Crippen LogP contribution in [0.2, 0.25) is 0 Å². The van der Waals surface area contributed by atoms with Crippen molar-refractivity contribution in [1.29, 1.82) is 0 Å². The van der Waals surface area contributed by atoms with Crippen molar-refractivity contribution < 1.29 is 18.0 Å². The zero-order valence-electron chi connectivity index (χ0n) is 19.2. The van der Waals surface area contributed by atoms with Gasteiger partial charge in [-0.15, -0.1) is 0 Å². The molecule has 0 aliphatic carbocycles. The molecule has 4 nitrogen and oxygen atoms in total. The normalized spacial score (nSPS) is 10.8. The molecule has 7 heteroatoms. The number of benzene rings is 2. The van der Waals surface area contributed by atoms with Crippen molar-refractivity contribution in [2.45, 2.75) is 46.2 Å². The van der Waals surface area contributed by atoms with Crippen LogP contribution in [0.25, 0.3) is 17.0 Å². The summed E-state index contributed by atoms with van der Waals surface area (Å²) in [6.07, 6.45) is -0.441. The van der Waals surface area contributed by atoms with Gasteiger partial charge in [0.25, 0.3) is 0 Å². The van der Waals surface area contributed by atoms with Crippen LogP contribution in [0.1, 0.15) is 49.8 Å². The fourth-order valence-electron chi connectivity index (χ4n) is 3.22. The third-order valence-electron chi connectivity index (χ3n) is 4.90. The Hall–Kier alpha value is -3.32. The number of unbranched alkanes of at least 4 members (excludes halogenated alkanes) is 2. The van der Waals surface area contributed by atoms with Gasteiger partial charge >= 0.3 is 6.18 Å². The summed E-state index contributed by atoms with van der Waals surface area (Å²) in [4.78, 5) is 9.08. The zero-order valence-corrected chi connectivity index (χ0v) is 19.2. The van der Waals surface area contributed by atoms with Crippen LogP contribution in [0.15, 0.2) is 67.2 Å². The van der Waals surface area contributed by atoms with Crippen molar-refractivity contribution in [3.8, 4) is 17.0 Å². The second-order valence-corrected chi connectivity index (χ2v) is 7.51. The van der Waals surface area contributed by atoms with Crippen LogP contribution in [-0.2, 0) is 6.18 Å². The van der Waals surface area contributed by atoms with Crippen LogP contribution in [0.5, 0.6) is 5.75 Å². The third-order valence-corrected chi connectivity index (χ3v) is 4.90. The topological polar surface area (TPSA) is 60.2 Å². The maximum Gasteiger partial charge on any atom is 0.417 e. The molecule has 0 saturated carbocycles. The van der Waals surface area contributed by atoms with Gasteiger partial charge in [-0.25, -0.2) is 4.98 Å². The lowest BCUT2D eigenvalue weighted by Gasteiger charge is -2.16. The summed E-state index contributed by atoms with van der Waals surface area (Å²) in [6.45, 7) is 10.3. The van der Waals surface area contributed by atoms with Gasteiger partial charge in [0.15, 0.2) is 5.75 Å². The monoisotopic (exact) mass is 457 g/mol. The standard InChI is InChI=1S/C21H18F3N3O.C5H12/c1-13-7-3-4-8-16(13)14(2)26-20-12-15(28-25)11-19(27-20)17-9-5-6-10-18(17)21(22,23)24;1-3-5-4-2/h3-12H,2,25H2,1H3,(H,26,27);3-5H2,1-2H3. The lowest BCUT2D eigenvalue weighted by molar-refractivity contribution is -0.137. The average molecular weight is 458 g/mol. The largest absolute Gasteiger partial charge is 0.417 e. The molecule has 0 bridgehead atoms. The highest BCUT2D eigenvalue weighted by Crippen LogP contribution is 2.37. The van der Waals surface area contributed by atoms with Crippen molar-refractivity contribution in [1.82, 2.24) is 4.98 Å². The number of aryl methyl sites for hydroxylation is 1. The molecule has 1 heterocycles. The highest BCUT2D eigenvalue weighted by atomic mass is 19.4. The Kier molecular flexibility index (Phi) is 9.48. The van der Waals surface area contributed by atoms with Crippen LogP contribution in [0, 0.1) is 6.92 Å². The predicted octanol–water partition coefficient (Wildman–Crippen LogP) is 7.61. The second kappa shape index (κ2) is 12.1. The van der Waals surface area contributed by atoms with E-state index in [4.69, 9.17) is 10.7 Å². The van der Waals surface area contributed by atoms with Crippen molar-refractivity contribution in [2.75, 3.05) is 5.32 Å². The van der Waals surface area contributed by atoms with E-state index >= 15 is 0 Å². The molecule has 0 amide bonds. The van der Waals surface area contributed by atoms with E-state index in [1.165, 1.54) is 49.6 Å². The van der Waals surface area contributed by atoms with Crippen molar-refractivity contribution in [2.24, 2.45) is 5.90 Å². The highest BCUT2D eigenvalue weighted by molar-refractivity contribution is 5.77. The predicted molar refractivity (Wildman–Crippen MR) is 129 cm³/mol.